The molecule has 2 saturated heterocycles. The summed E-state index contributed by atoms with van der Waals surface area (Å²) in [7, 11) is 1.63. The van der Waals surface area contributed by atoms with Crippen molar-refractivity contribution in [3.05, 3.63) is 159 Å². The number of nitrogens with one attached hydrogen (secondary N) is 7. The van der Waals surface area contributed by atoms with E-state index in [0.29, 0.717) is 113 Å². The van der Waals surface area contributed by atoms with E-state index in [-0.39, 0.29) is 46.9 Å². The van der Waals surface area contributed by atoms with Crippen LogP contribution in [0.4, 0.5) is 23.5 Å². The Balaban J connectivity index is 0.000000186. The van der Waals surface area contributed by atoms with Gasteiger partial charge in [-0.15, -0.1) is 0 Å². The third-order valence-electron chi connectivity index (χ3n) is 13.4. The van der Waals surface area contributed by atoms with Gasteiger partial charge in [-0.2, -0.15) is 10.2 Å². The number of H-pyrrole nitrogens is 3. The monoisotopic (exact) mass is 1100 g/mol. The fourth-order valence-electron chi connectivity index (χ4n) is 9.25. The summed E-state index contributed by atoms with van der Waals surface area (Å²) in [5.74, 6) is 3.61. The van der Waals surface area contributed by atoms with Gasteiger partial charge in [-0.05, 0) is 79.1 Å². The highest BCUT2D eigenvalue weighted by Crippen LogP contribution is 2.37. The first-order chi connectivity index (χ1) is 39.4. The van der Waals surface area contributed by atoms with Crippen LogP contribution in [-0.2, 0) is 16.1 Å². The molecule has 0 saturated carbocycles. The number of hydrogen-bond acceptors (Lipinski definition) is 17. The van der Waals surface area contributed by atoms with Crippen molar-refractivity contribution >= 4 is 69.2 Å². The van der Waals surface area contributed by atoms with Crippen LogP contribution >= 0.6 is 0 Å². The Bertz CT molecular complexity index is 3840. The lowest BCUT2D eigenvalue weighted by Crippen LogP contribution is -2.31. The highest BCUT2D eigenvalue weighted by Gasteiger charge is 2.29. The van der Waals surface area contributed by atoms with E-state index in [1.54, 1.807) is 80.2 Å². The van der Waals surface area contributed by atoms with Crippen LogP contribution in [0.15, 0.2) is 131 Å². The largest absolute Gasteiger partial charge is 0.497 e. The Morgan fingerprint density at radius 3 is 1.60 bits per heavy atom. The molecule has 6 aromatic heterocycles. The summed E-state index contributed by atoms with van der Waals surface area (Å²) in [6, 6.07) is 27.0. The number of methoxy groups -OCH3 is 1. The van der Waals surface area contributed by atoms with Crippen LogP contribution in [0.3, 0.4) is 0 Å². The fourth-order valence-corrected chi connectivity index (χ4v) is 9.25. The number of fused-ring (bicyclic) bond motifs is 2. The molecule has 2 aliphatic heterocycles. The molecule has 2 fully saturated rings. The number of nitrogens with zero attached hydrogens (tertiary/aromatic N) is 9. The second-order valence-corrected chi connectivity index (χ2v) is 18.8. The first-order valence-electron chi connectivity index (χ1n) is 26.1. The van der Waals surface area contributed by atoms with Gasteiger partial charge in [0.15, 0.2) is 22.9 Å². The Morgan fingerprint density at radius 1 is 0.593 bits per heavy atom. The van der Waals surface area contributed by atoms with Crippen molar-refractivity contribution in [2.24, 2.45) is 0 Å². The molecule has 0 radical (unpaired) electrons. The van der Waals surface area contributed by atoms with Crippen LogP contribution in [0.1, 0.15) is 65.8 Å². The average Bonchev–Trinajstić information content (AvgIpc) is 4.51. The Morgan fingerprint density at radius 2 is 1.09 bits per heavy atom. The van der Waals surface area contributed by atoms with E-state index in [1.807, 2.05) is 52.6 Å². The van der Waals surface area contributed by atoms with E-state index in [1.165, 1.54) is 24.5 Å². The predicted molar refractivity (Wildman–Crippen MR) is 300 cm³/mol. The van der Waals surface area contributed by atoms with Gasteiger partial charge in [0.05, 0.1) is 13.7 Å². The molecule has 2 aliphatic rings. The summed E-state index contributed by atoms with van der Waals surface area (Å²) in [4.78, 5) is 97.8. The maximum absolute atomic E-state index is 12.7. The van der Waals surface area contributed by atoms with Crippen molar-refractivity contribution in [2.75, 3.05) is 54.6 Å². The molecule has 2 atom stereocenters. The first-order valence-corrected chi connectivity index (χ1v) is 26.1. The van der Waals surface area contributed by atoms with E-state index in [9.17, 15) is 28.8 Å². The first kappa shape index (κ1) is 53.9. The topological polar surface area (TPSA) is 314 Å². The van der Waals surface area contributed by atoms with Crippen LogP contribution in [0, 0.1) is 0 Å². The number of benzene rings is 3. The zero-order chi connectivity index (χ0) is 56.4. The summed E-state index contributed by atoms with van der Waals surface area (Å²) in [5.41, 5.74) is 2.21. The van der Waals surface area contributed by atoms with Gasteiger partial charge < -0.3 is 34.6 Å². The van der Waals surface area contributed by atoms with Crippen molar-refractivity contribution in [2.45, 2.75) is 58.2 Å². The molecule has 3 aromatic carbocycles. The molecule has 414 valence electrons. The SMILES string of the molecule is CCC(=O)N1CC[C@@H](Nc2n[nH]c3nccc(Oc4ccc(C(=O)Nc5nccc(=O)[nH]5)cc4)c23)C1.CCC(=O)N1CC[C@@H](Nc2nn(Cc3ccc(OC)cc3)c3nccc(Oc4ccc(C(=O)Nc5nccc(=O)[nH]5)cc4)c23)C1. The molecule has 25 heteroatoms. The van der Waals surface area contributed by atoms with Crippen LogP contribution in [-0.4, -0.2) is 129 Å². The minimum atomic E-state index is -0.430. The van der Waals surface area contributed by atoms with E-state index in [4.69, 9.17) is 19.3 Å². The van der Waals surface area contributed by atoms with Crippen LogP contribution < -0.4 is 46.6 Å². The second kappa shape index (κ2) is 24.5. The lowest BCUT2D eigenvalue weighted by molar-refractivity contribution is -0.130. The number of likely N-dealkylation sites (tertiary alicyclic amines) is 2. The normalized spacial score (nSPS) is 14.7. The van der Waals surface area contributed by atoms with Crippen molar-refractivity contribution < 1.29 is 33.4 Å². The van der Waals surface area contributed by atoms with Gasteiger partial charge in [-0.1, -0.05) is 26.0 Å². The van der Waals surface area contributed by atoms with E-state index in [0.717, 1.165) is 24.2 Å². The van der Waals surface area contributed by atoms with Crippen molar-refractivity contribution in [1.82, 2.24) is 59.7 Å². The van der Waals surface area contributed by atoms with Crippen molar-refractivity contribution in [1.29, 1.82) is 0 Å². The number of aromatic nitrogens is 10. The van der Waals surface area contributed by atoms with Gasteiger partial charge in [-0.3, -0.25) is 54.5 Å². The lowest BCUT2D eigenvalue weighted by Gasteiger charge is -2.16. The Hall–Kier alpha value is -10.5. The highest BCUT2D eigenvalue weighted by molar-refractivity contribution is 6.04. The molecule has 25 nitrogen and oxygen atoms in total. The number of carbonyl (C=O) groups is 4. The van der Waals surface area contributed by atoms with Crippen LogP contribution in [0.25, 0.3) is 22.1 Å². The Kier molecular flexibility index (Phi) is 16.3. The number of hydrogen-bond donors (Lipinski definition) is 7. The molecule has 0 aliphatic carbocycles. The molecular formula is C56H56N16O9. The van der Waals surface area contributed by atoms with Crippen LogP contribution in [0.5, 0.6) is 28.7 Å². The molecular weight excluding hydrogens is 1040 g/mol. The van der Waals surface area contributed by atoms with E-state index in [2.05, 4.69) is 61.4 Å². The molecule has 8 heterocycles. The maximum Gasteiger partial charge on any atom is 0.257 e. The summed E-state index contributed by atoms with van der Waals surface area (Å²) < 4.78 is 19.6. The van der Waals surface area contributed by atoms with E-state index >= 15 is 0 Å². The standard InChI is InChI=1S/C32H32N8O5.C24H24N8O4/c1-3-27(42)39-17-14-22(19-39)35-29-28-25(12-15-33-30(28)40(38-29)18-20-4-8-23(44-2)9-5-20)45-24-10-6-21(7-11-24)31(43)37-32-34-16-13-26(41)36-32;1-2-19(34)32-12-9-15(13-32)27-22-20-17(7-10-25-21(20)30-31-22)36-16-5-3-14(4-6-16)23(35)29-24-26-11-8-18(33)28-24/h4-13,15-16,22H,3,14,17-19H2,1-2H3,(H,35,38)(H2,34,36,37,41,43);3-8,10-11,15H,2,9,12-13H2,1H3,(H2,25,27,30,31)(H2,26,28,29,33,35)/t22-;15-/m11/s1. The maximum atomic E-state index is 12.7. The molecule has 4 amide bonds. The quantitative estimate of drug-likeness (QED) is 0.0508. The Labute approximate surface area is 461 Å². The number of amides is 4. The fraction of sp³-hybridized carbons (Fsp3) is 0.250. The van der Waals surface area contributed by atoms with Crippen molar-refractivity contribution in [3.8, 4) is 28.7 Å². The third kappa shape index (κ3) is 12.9. The molecule has 81 heavy (non-hydrogen) atoms. The van der Waals surface area contributed by atoms with E-state index < -0.39 is 11.8 Å². The predicted octanol–water partition coefficient (Wildman–Crippen LogP) is 6.55. The third-order valence-corrected chi connectivity index (χ3v) is 13.4. The van der Waals surface area contributed by atoms with Gasteiger partial charge in [0.1, 0.15) is 39.5 Å². The van der Waals surface area contributed by atoms with Gasteiger partial charge in [-0.25, -0.2) is 24.6 Å². The molecule has 7 N–H and O–H groups in total. The summed E-state index contributed by atoms with van der Waals surface area (Å²) in [5, 5.41) is 25.7. The number of pyridine rings is 2. The molecule has 9 aromatic rings. The van der Waals surface area contributed by atoms with Gasteiger partial charge in [0.2, 0.25) is 23.7 Å². The van der Waals surface area contributed by atoms with Gasteiger partial charge >= 0.3 is 0 Å². The molecule has 0 unspecified atom stereocenters. The zero-order valence-corrected chi connectivity index (χ0v) is 44.3. The number of carbonyl (C=O) groups excluding carboxylic acids is 4. The highest BCUT2D eigenvalue weighted by atomic mass is 16.5. The number of ether oxygens (including phenoxy) is 3. The van der Waals surface area contributed by atoms with Crippen LogP contribution in [0.2, 0.25) is 0 Å². The van der Waals surface area contributed by atoms with Gasteiger partial charge in [0, 0.05) is 111 Å². The summed E-state index contributed by atoms with van der Waals surface area (Å²) >= 11 is 0. The molecule has 0 spiro atoms. The average molecular weight is 1100 g/mol. The number of anilines is 4. The second-order valence-electron chi connectivity index (χ2n) is 18.8. The number of rotatable bonds is 17. The minimum absolute atomic E-state index is 0.0212. The van der Waals surface area contributed by atoms with Crippen molar-refractivity contribution in [3.63, 3.8) is 0 Å². The number of aromatic amines is 3. The summed E-state index contributed by atoms with van der Waals surface area (Å²) in [6.45, 7) is 6.81. The smallest absolute Gasteiger partial charge is 0.257 e. The lowest BCUT2D eigenvalue weighted by atomic mass is 10.2. The minimum Gasteiger partial charge on any atom is -0.497 e. The summed E-state index contributed by atoms with van der Waals surface area (Å²) in [6.07, 6.45) is 8.49. The molecule has 11 rings (SSSR count). The molecule has 0 bridgehead atoms. The van der Waals surface area contributed by atoms with Gasteiger partial charge in [0.25, 0.3) is 22.9 Å². The zero-order valence-electron chi connectivity index (χ0n) is 44.3.